The van der Waals surface area contributed by atoms with Gasteiger partial charge in [-0.25, -0.2) is 14.1 Å². The zero-order valence-electron chi connectivity index (χ0n) is 22.9. The summed E-state index contributed by atoms with van der Waals surface area (Å²) in [6.45, 7) is 1.65. The van der Waals surface area contributed by atoms with E-state index in [0.29, 0.717) is 11.4 Å². The van der Waals surface area contributed by atoms with Gasteiger partial charge >= 0.3 is 0 Å². The fraction of sp³-hybridized carbons (Fsp3) is 0.323. The fourth-order valence-electron chi connectivity index (χ4n) is 5.43. The average Bonchev–Trinajstić information content (AvgIpc) is 3.35. The van der Waals surface area contributed by atoms with Crippen LogP contribution in [0.5, 0.6) is 5.75 Å². The van der Waals surface area contributed by atoms with Crippen LogP contribution in [0.1, 0.15) is 58.3 Å². The Morgan fingerprint density at radius 3 is 2.44 bits per heavy atom. The highest BCUT2D eigenvalue weighted by molar-refractivity contribution is 7.21. The van der Waals surface area contributed by atoms with Gasteiger partial charge in [0, 0.05) is 44.4 Å². The van der Waals surface area contributed by atoms with E-state index < -0.39 is 11.6 Å². The van der Waals surface area contributed by atoms with E-state index in [1.165, 1.54) is 6.92 Å². The lowest BCUT2D eigenvalue weighted by Crippen LogP contribution is -2.43. The number of fused-ring (bicyclic) bond motifs is 1. The number of nitrogens with zero attached hydrogens (tertiary/aromatic N) is 3. The van der Waals surface area contributed by atoms with E-state index in [-0.39, 0.29) is 50.3 Å². The number of ketones is 1. The number of carbonyl (C=O) groups is 2. The Hall–Kier alpha value is -3.40. The molecular weight excluding hydrogens is 568 g/mol. The third-order valence-electron chi connectivity index (χ3n) is 7.68. The quantitative estimate of drug-likeness (QED) is 0.200. The van der Waals surface area contributed by atoms with Gasteiger partial charge < -0.3 is 9.64 Å². The summed E-state index contributed by atoms with van der Waals surface area (Å²) in [4.78, 5) is 32.1. The standard InChI is InChI=1S/C31H29ClF2N3O3S/c1-17(38)25-15-19(12-13-36-25)18-4-11-26(40-3)20(14-18)16-37(22-7-5-21(35-2)6-8-22)31(39)30-28(32)27-23(33)9-10-24(34)29(27)41-30/h4,9-15,21-22H,5-8,16H2,1-3H3. The summed E-state index contributed by atoms with van der Waals surface area (Å²) in [5.74, 6) is -1.23. The highest BCUT2D eigenvalue weighted by Crippen LogP contribution is 2.40. The molecular formula is C31H29ClF2N3O3S. The van der Waals surface area contributed by atoms with Crippen LogP contribution >= 0.6 is 22.9 Å². The predicted molar refractivity (Wildman–Crippen MR) is 157 cm³/mol. The van der Waals surface area contributed by atoms with Crippen molar-refractivity contribution in [3.63, 3.8) is 0 Å². The van der Waals surface area contributed by atoms with Crippen molar-refractivity contribution >= 4 is 44.7 Å². The average molecular weight is 597 g/mol. The Labute approximate surface area is 246 Å². The third kappa shape index (κ3) is 5.84. The summed E-state index contributed by atoms with van der Waals surface area (Å²) in [6.07, 6.45) is 4.71. The number of methoxy groups -OCH3 is 1. The molecule has 1 fully saturated rings. The van der Waals surface area contributed by atoms with Crippen LogP contribution in [0.2, 0.25) is 5.02 Å². The number of hydrogen-bond donors (Lipinski definition) is 0. The van der Waals surface area contributed by atoms with Crippen LogP contribution < -0.4 is 10.1 Å². The van der Waals surface area contributed by atoms with Gasteiger partial charge in [-0.05, 0) is 73.2 Å². The molecule has 213 valence electrons. The van der Waals surface area contributed by atoms with Crippen molar-refractivity contribution < 1.29 is 23.1 Å². The van der Waals surface area contributed by atoms with Crippen LogP contribution in [0.15, 0.2) is 48.7 Å². The first-order chi connectivity index (χ1) is 19.7. The Bertz CT molecular complexity index is 1620. The van der Waals surface area contributed by atoms with Crippen molar-refractivity contribution in [2.24, 2.45) is 0 Å². The molecule has 41 heavy (non-hydrogen) atoms. The number of hydrogen-bond acceptors (Lipinski definition) is 5. The third-order valence-corrected chi connectivity index (χ3v) is 9.36. The summed E-state index contributed by atoms with van der Waals surface area (Å²) in [5.41, 5.74) is 2.73. The molecule has 5 rings (SSSR count). The van der Waals surface area contributed by atoms with Gasteiger partial charge in [-0.2, -0.15) is 0 Å². The van der Waals surface area contributed by atoms with Crippen molar-refractivity contribution in [3.8, 4) is 16.9 Å². The lowest BCUT2D eigenvalue weighted by Gasteiger charge is -2.37. The van der Waals surface area contributed by atoms with Gasteiger partial charge in [-0.3, -0.25) is 14.6 Å². The molecule has 1 amide bonds. The maximum Gasteiger partial charge on any atom is 0.266 e. The molecule has 1 saturated carbocycles. The molecule has 0 saturated heterocycles. The molecule has 6 nitrogen and oxygen atoms in total. The van der Waals surface area contributed by atoms with Crippen LogP contribution in [0.25, 0.3) is 21.2 Å². The summed E-state index contributed by atoms with van der Waals surface area (Å²) >= 11 is 7.42. The molecule has 0 aliphatic heterocycles. The molecule has 0 atom stereocenters. The van der Waals surface area contributed by atoms with Crippen molar-refractivity contribution in [1.29, 1.82) is 0 Å². The van der Waals surface area contributed by atoms with Crippen molar-refractivity contribution in [2.75, 3.05) is 14.2 Å². The second kappa shape index (κ2) is 12.2. The molecule has 2 heterocycles. The smallest absolute Gasteiger partial charge is 0.266 e. The van der Waals surface area contributed by atoms with E-state index in [2.05, 4.69) is 10.3 Å². The molecule has 2 aromatic carbocycles. The van der Waals surface area contributed by atoms with Crippen LogP contribution in [-0.2, 0) is 6.54 Å². The number of ether oxygens (including phenoxy) is 1. The normalized spacial score (nSPS) is 17.0. The molecule has 1 aliphatic rings. The lowest BCUT2D eigenvalue weighted by atomic mass is 9.89. The number of benzene rings is 2. The number of Topliss-reactive ketones (excluding diaryl/α,β-unsaturated/α-hetero) is 1. The van der Waals surface area contributed by atoms with Gasteiger partial charge in [0.15, 0.2) is 5.78 Å². The van der Waals surface area contributed by atoms with Crippen LogP contribution in [0, 0.1) is 11.6 Å². The first-order valence-electron chi connectivity index (χ1n) is 13.3. The van der Waals surface area contributed by atoms with Gasteiger partial charge in [0.25, 0.3) is 5.91 Å². The highest BCUT2D eigenvalue weighted by Gasteiger charge is 2.33. The van der Waals surface area contributed by atoms with Crippen molar-refractivity contribution in [3.05, 3.63) is 81.5 Å². The topological polar surface area (TPSA) is 73.6 Å². The Balaban J connectivity index is 1.56. The molecule has 1 radical (unpaired) electrons. The minimum Gasteiger partial charge on any atom is -0.496 e. The summed E-state index contributed by atoms with van der Waals surface area (Å²) in [6, 6.07) is 11.3. The van der Waals surface area contributed by atoms with Crippen LogP contribution in [0.4, 0.5) is 8.78 Å². The summed E-state index contributed by atoms with van der Waals surface area (Å²) in [5, 5.41) is 4.27. The van der Waals surface area contributed by atoms with E-state index in [4.69, 9.17) is 16.3 Å². The zero-order chi connectivity index (χ0) is 29.3. The fourth-order valence-corrected chi connectivity index (χ4v) is 6.93. The number of aromatic nitrogens is 1. The highest BCUT2D eigenvalue weighted by atomic mass is 35.5. The van der Waals surface area contributed by atoms with E-state index in [1.54, 1.807) is 31.3 Å². The Morgan fingerprint density at radius 2 is 1.78 bits per heavy atom. The minimum absolute atomic E-state index is 0.0188. The summed E-state index contributed by atoms with van der Waals surface area (Å²) in [7, 11) is 3.37. The second-order valence-corrected chi connectivity index (χ2v) is 11.5. The van der Waals surface area contributed by atoms with E-state index in [1.807, 2.05) is 24.3 Å². The van der Waals surface area contributed by atoms with Crippen LogP contribution in [-0.4, -0.2) is 47.8 Å². The Kier molecular flexibility index (Phi) is 8.68. The van der Waals surface area contributed by atoms with Crippen molar-refractivity contribution in [1.82, 2.24) is 15.2 Å². The maximum atomic E-state index is 14.6. The van der Waals surface area contributed by atoms with E-state index in [0.717, 1.165) is 65.8 Å². The van der Waals surface area contributed by atoms with Gasteiger partial charge in [-0.1, -0.05) is 17.7 Å². The van der Waals surface area contributed by atoms with Gasteiger partial charge in [0.05, 0.1) is 22.2 Å². The lowest BCUT2D eigenvalue weighted by molar-refractivity contribution is 0.0604. The molecule has 0 N–H and O–H groups in total. The van der Waals surface area contributed by atoms with Crippen LogP contribution in [0.3, 0.4) is 0 Å². The predicted octanol–water partition coefficient (Wildman–Crippen LogP) is 7.29. The minimum atomic E-state index is -0.671. The molecule has 2 aromatic heterocycles. The number of rotatable bonds is 8. The van der Waals surface area contributed by atoms with Gasteiger partial charge in [0.1, 0.15) is 28.0 Å². The number of carbonyl (C=O) groups excluding carboxylic acids is 2. The summed E-state index contributed by atoms with van der Waals surface area (Å²) < 4.78 is 34.9. The molecule has 0 unspecified atom stereocenters. The molecule has 0 spiro atoms. The van der Waals surface area contributed by atoms with E-state index >= 15 is 0 Å². The first kappa shape index (κ1) is 29.1. The SMILES string of the molecule is C[N]C1CCC(N(Cc2cc(-c3ccnc(C(C)=O)c3)ccc2OC)C(=O)c2sc3c(F)ccc(F)c3c2Cl)CC1. The van der Waals surface area contributed by atoms with Crippen molar-refractivity contribution in [2.45, 2.75) is 51.2 Å². The van der Waals surface area contributed by atoms with Gasteiger partial charge in [0.2, 0.25) is 0 Å². The molecule has 1 aliphatic carbocycles. The molecule has 0 bridgehead atoms. The van der Waals surface area contributed by atoms with Gasteiger partial charge in [-0.15, -0.1) is 11.3 Å². The number of amides is 1. The molecule has 10 heteroatoms. The number of halogens is 3. The molecule has 4 aromatic rings. The second-order valence-electron chi connectivity index (χ2n) is 10.1. The first-order valence-corrected chi connectivity index (χ1v) is 14.5. The Morgan fingerprint density at radius 1 is 1.07 bits per heavy atom. The number of pyridine rings is 1. The monoisotopic (exact) mass is 596 g/mol. The zero-order valence-corrected chi connectivity index (χ0v) is 24.5. The van der Waals surface area contributed by atoms with E-state index in [9.17, 15) is 18.4 Å². The number of thiophene rings is 1. The largest absolute Gasteiger partial charge is 0.496 e. The maximum absolute atomic E-state index is 14.6.